The van der Waals surface area contributed by atoms with Crippen LogP contribution in [0, 0.1) is 0 Å². The molecule has 3 aromatic carbocycles. The molecule has 186 valence electrons. The Hall–Kier alpha value is -2.75. The molecule has 8 heteroatoms. The Morgan fingerprint density at radius 3 is 1.37 bits per heavy atom. The van der Waals surface area contributed by atoms with Gasteiger partial charge in [0.05, 0.1) is 19.8 Å². The number of aliphatic hydroxyl groups is 1. The van der Waals surface area contributed by atoms with E-state index in [4.69, 9.17) is 18.9 Å². The maximum atomic E-state index is 14.0. The van der Waals surface area contributed by atoms with Crippen LogP contribution in [-0.4, -0.2) is 42.0 Å². The minimum absolute atomic E-state index is 0.0131. The van der Waals surface area contributed by atoms with Crippen LogP contribution in [-0.2, 0) is 38.8 Å². The zero-order valence-electron chi connectivity index (χ0n) is 18.9. The summed E-state index contributed by atoms with van der Waals surface area (Å²) < 4.78 is 64.6. The summed E-state index contributed by atoms with van der Waals surface area (Å²) in [7, 11) is 0. The first-order valence-electron chi connectivity index (χ1n) is 11.3. The molecule has 1 aliphatic heterocycles. The van der Waals surface area contributed by atoms with Gasteiger partial charge in [-0.3, -0.25) is 0 Å². The summed E-state index contributed by atoms with van der Waals surface area (Å²) in [6.07, 6.45) is -13.1. The lowest BCUT2D eigenvalue weighted by molar-refractivity contribution is -0.363. The Balaban J connectivity index is 1.59. The van der Waals surface area contributed by atoms with Crippen molar-refractivity contribution in [1.29, 1.82) is 0 Å². The number of ether oxygens (including phenoxy) is 4. The Kier molecular flexibility index (Phi) is 8.54. The van der Waals surface area contributed by atoms with Gasteiger partial charge in [0, 0.05) is 0 Å². The van der Waals surface area contributed by atoms with E-state index in [1.165, 1.54) is 0 Å². The van der Waals surface area contributed by atoms with Crippen molar-refractivity contribution in [1.82, 2.24) is 0 Å². The topological polar surface area (TPSA) is 57.2 Å². The minimum atomic E-state index is -4.79. The third kappa shape index (κ3) is 6.90. The van der Waals surface area contributed by atoms with Gasteiger partial charge in [0.1, 0.15) is 18.3 Å². The molecule has 0 aliphatic carbocycles. The second-order valence-corrected chi connectivity index (χ2v) is 8.27. The standard InChI is InChI=1S/C27H27F3O5/c28-27(29,30)25-23(33-17-20-12-6-2-7-13-20)22(32-16-19-10-4-1-5-11-19)24(26(31)35-25)34-18-21-14-8-3-9-15-21/h1-15,22-26,31H,16-18H2/t22-,23+,24+,25-,26?/m1/s1. The first-order chi connectivity index (χ1) is 16.9. The Bertz CT molecular complexity index is 1020. The highest BCUT2D eigenvalue weighted by Crippen LogP contribution is 2.37. The van der Waals surface area contributed by atoms with Gasteiger partial charge in [0.15, 0.2) is 12.4 Å². The Labute approximate surface area is 202 Å². The van der Waals surface area contributed by atoms with Crippen LogP contribution in [0.2, 0.25) is 0 Å². The minimum Gasteiger partial charge on any atom is -0.368 e. The molecule has 35 heavy (non-hydrogen) atoms. The molecule has 0 saturated carbocycles. The SMILES string of the molecule is OC1O[C@@H](C(F)(F)F)[C@@H](OCc2ccccc2)[C@@H](OCc2ccccc2)[C@@H]1OCc1ccccc1. The smallest absolute Gasteiger partial charge is 0.368 e. The quantitative estimate of drug-likeness (QED) is 0.458. The van der Waals surface area contributed by atoms with Crippen molar-refractivity contribution >= 4 is 0 Å². The molecule has 1 unspecified atom stereocenters. The summed E-state index contributed by atoms with van der Waals surface area (Å²) in [6, 6.07) is 27.0. The third-order valence-electron chi connectivity index (χ3n) is 5.69. The molecular formula is C27H27F3O5. The van der Waals surface area contributed by atoms with Crippen molar-refractivity contribution < 1.29 is 37.2 Å². The molecule has 3 aromatic rings. The number of hydrogen-bond acceptors (Lipinski definition) is 5. The Morgan fingerprint density at radius 2 is 0.971 bits per heavy atom. The van der Waals surface area contributed by atoms with Gasteiger partial charge in [-0.1, -0.05) is 91.0 Å². The fourth-order valence-electron chi connectivity index (χ4n) is 3.94. The Morgan fingerprint density at radius 1 is 0.600 bits per heavy atom. The van der Waals surface area contributed by atoms with Crippen LogP contribution in [0.4, 0.5) is 13.2 Å². The normalized spacial score (nSPS) is 24.9. The van der Waals surface area contributed by atoms with Gasteiger partial charge in [-0.2, -0.15) is 13.2 Å². The van der Waals surface area contributed by atoms with E-state index in [1.807, 2.05) is 48.5 Å². The van der Waals surface area contributed by atoms with Crippen molar-refractivity contribution in [2.75, 3.05) is 0 Å². The highest BCUT2D eigenvalue weighted by molar-refractivity contribution is 5.15. The highest BCUT2D eigenvalue weighted by atomic mass is 19.4. The lowest BCUT2D eigenvalue weighted by atomic mass is 9.97. The van der Waals surface area contributed by atoms with E-state index in [9.17, 15) is 18.3 Å². The van der Waals surface area contributed by atoms with Gasteiger partial charge in [-0.25, -0.2) is 0 Å². The van der Waals surface area contributed by atoms with Crippen LogP contribution < -0.4 is 0 Å². The molecule has 0 aromatic heterocycles. The van der Waals surface area contributed by atoms with Gasteiger partial charge in [-0.15, -0.1) is 0 Å². The van der Waals surface area contributed by atoms with Crippen LogP contribution in [0.25, 0.3) is 0 Å². The third-order valence-corrected chi connectivity index (χ3v) is 5.69. The fraction of sp³-hybridized carbons (Fsp3) is 0.333. The van der Waals surface area contributed by atoms with Gasteiger partial charge in [-0.05, 0) is 16.7 Å². The van der Waals surface area contributed by atoms with E-state index in [1.54, 1.807) is 42.5 Å². The number of rotatable bonds is 9. The molecule has 0 bridgehead atoms. The maximum absolute atomic E-state index is 14.0. The molecule has 5 atom stereocenters. The fourth-order valence-corrected chi connectivity index (χ4v) is 3.94. The average Bonchev–Trinajstić information content (AvgIpc) is 2.87. The molecule has 1 aliphatic rings. The van der Waals surface area contributed by atoms with Crippen molar-refractivity contribution in [3.05, 3.63) is 108 Å². The molecule has 1 heterocycles. The molecule has 0 amide bonds. The van der Waals surface area contributed by atoms with Crippen LogP contribution in [0.15, 0.2) is 91.0 Å². The predicted molar refractivity (Wildman–Crippen MR) is 122 cm³/mol. The molecule has 5 nitrogen and oxygen atoms in total. The average molecular weight is 489 g/mol. The van der Waals surface area contributed by atoms with Crippen LogP contribution in [0.1, 0.15) is 16.7 Å². The number of hydrogen-bond donors (Lipinski definition) is 1. The van der Waals surface area contributed by atoms with Crippen molar-refractivity contribution in [2.24, 2.45) is 0 Å². The molecular weight excluding hydrogens is 461 g/mol. The summed E-state index contributed by atoms with van der Waals surface area (Å²) in [5, 5.41) is 10.6. The summed E-state index contributed by atoms with van der Waals surface area (Å²) in [6.45, 7) is -0.0213. The van der Waals surface area contributed by atoms with E-state index in [2.05, 4.69) is 0 Å². The maximum Gasteiger partial charge on any atom is 0.417 e. The largest absolute Gasteiger partial charge is 0.417 e. The molecule has 4 rings (SSSR count). The van der Waals surface area contributed by atoms with Gasteiger partial charge >= 0.3 is 6.18 Å². The van der Waals surface area contributed by atoms with Crippen molar-refractivity contribution in [2.45, 2.75) is 56.7 Å². The van der Waals surface area contributed by atoms with E-state index in [0.29, 0.717) is 5.56 Å². The molecule has 0 radical (unpaired) electrons. The lowest BCUT2D eigenvalue weighted by Gasteiger charge is -2.44. The van der Waals surface area contributed by atoms with Crippen LogP contribution in [0.5, 0.6) is 0 Å². The van der Waals surface area contributed by atoms with E-state index in [-0.39, 0.29) is 19.8 Å². The molecule has 1 fully saturated rings. The first-order valence-corrected chi connectivity index (χ1v) is 11.3. The molecule has 1 saturated heterocycles. The summed E-state index contributed by atoms with van der Waals surface area (Å²) in [5.41, 5.74) is 2.25. The first kappa shape index (κ1) is 25.3. The van der Waals surface area contributed by atoms with E-state index in [0.717, 1.165) is 11.1 Å². The summed E-state index contributed by atoms with van der Waals surface area (Å²) >= 11 is 0. The number of halogens is 3. The van der Waals surface area contributed by atoms with Crippen molar-refractivity contribution in [3.63, 3.8) is 0 Å². The lowest BCUT2D eigenvalue weighted by Crippen LogP contribution is -2.63. The summed E-state index contributed by atoms with van der Waals surface area (Å²) in [4.78, 5) is 0. The molecule has 0 spiro atoms. The van der Waals surface area contributed by atoms with Gasteiger partial charge < -0.3 is 24.1 Å². The number of alkyl halides is 3. The van der Waals surface area contributed by atoms with Gasteiger partial charge in [0.25, 0.3) is 0 Å². The zero-order chi connectivity index (χ0) is 24.7. The van der Waals surface area contributed by atoms with Crippen LogP contribution in [0.3, 0.4) is 0 Å². The van der Waals surface area contributed by atoms with Crippen LogP contribution >= 0.6 is 0 Å². The summed E-state index contributed by atoms with van der Waals surface area (Å²) in [5.74, 6) is 0. The van der Waals surface area contributed by atoms with Crippen molar-refractivity contribution in [3.8, 4) is 0 Å². The molecule has 1 N–H and O–H groups in total. The van der Waals surface area contributed by atoms with E-state index < -0.39 is 36.9 Å². The predicted octanol–water partition coefficient (Wildman–Crippen LogP) is 5.02. The second kappa shape index (κ2) is 11.8. The monoisotopic (exact) mass is 488 g/mol. The van der Waals surface area contributed by atoms with E-state index >= 15 is 0 Å². The number of aliphatic hydroxyl groups excluding tert-OH is 1. The zero-order valence-corrected chi connectivity index (χ0v) is 18.9. The van der Waals surface area contributed by atoms with Gasteiger partial charge in [0.2, 0.25) is 0 Å². The highest BCUT2D eigenvalue weighted by Gasteiger charge is 2.57. The number of benzene rings is 3. The second-order valence-electron chi connectivity index (χ2n) is 8.27.